The second-order valence-electron chi connectivity index (χ2n) is 9.30. The van der Waals surface area contributed by atoms with Gasteiger partial charge in [0.15, 0.2) is 5.65 Å². The number of aromatic nitrogens is 3. The van der Waals surface area contributed by atoms with Gasteiger partial charge in [-0.3, -0.25) is 0 Å². The predicted molar refractivity (Wildman–Crippen MR) is 133 cm³/mol. The molecule has 6 rings (SSSR count). The van der Waals surface area contributed by atoms with Gasteiger partial charge in [0, 0.05) is 29.8 Å². The van der Waals surface area contributed by atoms with Crippen LogP contribution in [0, 0.1) is 12.8 Å². The summed E-state index contributed by atoms with van der Waals surface area (Å²) in [4.78, 5) is 7.46. The molecule has 1 aliphatic carbocycles. The molecule has 0 bridgehead atoms. The molecule has 0 saturated heterocycles. The second kappa shape index (κ2) is 8.60. The highest BCUT2D eigenvalue weighted by molar-refractivity contribution is 6.33. The minimum atomic E-state index is 0.515. The van der Waals surface area contributed by atoms with Crippen LogP contribution in [0.15, 0.2) is 48.7 Å². The van der Waals surface area contributed by atoms with Crippen molar-refractivity contribution in [2.45, 2.75) is 39.5 Å². The van der Waals surface area contributed by atoms with Crippen molar-refractivity contribution in [2.24, 2.45) is 5.92 Å². The average Bonchev–Trinajstić information content (AvgIpc) is 3.37. The van der Waals surface area contributed by atoms with Crippen molar-refractivity contribution < 1.29 is 9.47 Å². The summed E-state index contributed by atoms with van der Waals surface area (Å²) in [5, 5.41) is 5.44. The van der Waals surface area contributed by atoms with E-state index in [0.717, 1.165) is 58.6 Å². The number of rotatable bonds is 7. The lowest BCUT2D eigenvalue weighted by atomic mass is 10.1. The Morgan fingerprint density at radius 1 is 1.12 bits per heavy atom. The van der Waals surface area contributed by atoms with Crippen molar-refractivity contribution in [1.82, 2.24) is 14.6 Å². The van der Waals surface area contributed by atoms with E-state index in [-0.39, 0.29) is 0 Å². The van der Waals surface area contributed by atoms with Crippen LogP contribution in [0.4, 0.5) is 5.82 Å². The smallest absolute Gasteiger partial charge is 0.165 e. The van der Waals surface area contributed by atoms with Crippen LogP contribution >= 0.6 is 11.6 Å². The van der Waals surface area contributed by atoms with E-state index in [1.807, 2.05) is 28.9 Å². The molecule has 4 aromatic rings. The van der Waals surface area contributed by atoms with Crippen molar-refractivity contribution in [2.75, 3.05) is 18.6 Å². The highest BCUT2D eigenvalue weighted by atomic mass is 35.5. The van der Waals surface area contributed by atoms with Crippen LogP contribution in [0.25, 0.3) is 16.8 Å². The Morgan fingerprint density at radius 2 is 1.94 bits per heavy atom. The lowest BCUT2D eigenvalue weighted by Crippen LogP contribution is -2.29. The van der Waals surface area contributed by atoms with Gasteiger partial charge in [0.05, 0.1) is 37.2 Å². The normalized spacial score (nSPS) is 15.0. The van der Waals surface area contributed by atoms with Gasteiger partial charge in [-0.15, -0.1) is 0 Å². The van der Waals surface area contributed by atoms with E-state index in [2.05, 4.69) is 36.1 Å². The van der Waals surface area contributed by atoms with Crippen LogP contribution in [-0.2, 0) is 24.5 Å². The van der Waals surface area contributed by atoms with Crippen molar-refractivity contribution in [3.05, 3.63) is 76.1 Å². The molecule has 2 aromatic carbocycles. The molecule has 0 unspecified atom stereocenters. The van der Waals surface area contributed by atoms with Gasteiger partial charge in [-0.1, -0.05) is 41.4 Å². The fourth-order valence-electron chi connectivity index (χ4n) is 4.68. The van der Waals surface area contributed by atoms with Gasteiger partial charge >= 0.3 is 0 Å². The van der Waals surface area contributed by atoms with Crippen molar-refractivity contribution in [3.8, 4) is 16.9 Å². The molecule has 6 nitrogen and oxygen atoms in total. The third-order valence-corrected chi connectivity index (χ3v) is 7.04. The van der Waals surface area contributed by atoms with Crippen molar-refractivity contribution >= 4 is 23.1 Å². The zero-order valence-corrected chi connectivity index (χ0v) is 20.2. The van der Waals surface area contributed by atoms with Crippen LogP contribution in [0.1, 0.15) is 35.2 Å². The first-order valence-corrected chi connectivity index (χ1v) is 12.1. The molecule has 0 spiro atoms. The van der Waals surface area contributed by atoms with Gasteiger partial charge in [-0.2, -0.15) is 9.61 Å². The summed E-state index contributed by atoms with van der Waals surface area (Å²) in [5.74, 6) is 2.53. The summed E-state index contributed by atoms with van der Waals surface area (Å²) < 4.78 is 13.2. The van der Waals surface area contributed by atoms with Crippen LogP contribution in [-0.4, -0.2) is 28.3 Å². The van der Waals surface area contributed by atoms with E-state index in [1.54, 1.807) is 7.11 Å². The van der Waals surface area contributed by atoms with E-state index in [0.29, 0.717) is 18.2 Å². The standard InChI is InChI=1S/C27H27ClN4O2/c1-17-3-5-18(6-4-17)13-31(14-19-7-8-19)27-23-15-34-16-25(23)30-26-22(12-29-32(26)27)21-10-9-20(33-2)11-24(21)28/h3-6,9-12,19H,7-8,13-16H2,1-2H3. The summed E-state index contributed by atoms with van der Waals surface area (Å²) in [6.07, 6.45) is 4.43. The largest absolute Gasteiger partial charge is 0.497 e. The van der Waals surface area contributed by atoms with E-state index >= 15 is 0 Å². The highest BCUT2D eigenvalue weighted by Crippen LogP contribution is 2.39. The molecule has 1 aliphatic heterocycles. The van der Waals surface area contributed by atoms with Gasteiger partial charge in [0.1, 0.15) is 11.6 Å². The summed E-state index contributed by atoms with van der Waals surface area (Å²) in [6.45, 7) is 5.01. The molecule has 7 heteroatoms. The summed E-state index contributed by atoms with van der Waals surface area (Å²) in [7, 11) is 1.64. The Balaban J connectivity index is 1.49. The zero-order valence-electron chi connectivity index (χ0n) is 19.4. The van der Waals surface area contributed by atoms with Gasteiger partial charge in [0.2, 0.25) is 0 Å². The molecule has 1 saturated carbocycles. The first-order valence-electron chi connectivity index (χ1n) is 11.7. The molecule has 1 fully saturated rings. The quantitative estimate of drug-likeness (QED) is 0.338. The maximum Gasteiger partial charge on any atom is 0.165 e. The number of hydrogen-bond donors (Lipinski definition) is 0. The lowest BCUT2D eigenvalue weighted by Gasteiger charge is -2.27. The molecule has 2 aliphatic rings. The Morgan fingerprint density at radius 3 is 2.68 bits per heavy atom. The van der Waals surface area contributed by atoms with Gasteiger partial charge in [-0.25, -0.2) is 4.98 Å². The van der Waals surface area contributed by atoms with Gasteiger partial charge in [0.25, 0.3) is 0 Å². The highest BCUT2D eigenvalue weighted by Gasteiger charge is 2.31. The van der Waals surface area contributed by atoms with Gasteiger partial charge < -0.3 is 14.4 Å². The van der Waals surface area contributed by atoms with E-state index in [9.17, 15) is 0 Å². The first kappa shape index (κ1) is 21.4. The van der Waals surface area contributed by atoms with Crippen molar-refractivity contribution in [1.29, 1.82) is 0 Å². The number of anilines is 1. The summed E-state index contributed by atoms with van der Waals surface area (Å²) >= 11 is 6.64. The van der Waals surface area contributed by atoms with E-state index in [4.69, 9.17) is 31.2 Å². The monoisotopic (exact) mass is 474 g/mol. The molecule has 0 atom stereocenters. The van der Waals surface area contributed by atoms with Crippen LogP contribution < -0.4 is 9.64 Å². The number of nitrogens with zero attached hydrogens (tertiary/aromatic N) is 4. The topological polar surface area (TPSA) is 51.9 Å². The first-order chi connectivity index (χ1) is 16.6. The number of methoxy groups -OCH3 is 1. The number of benzene rings is 2. The molecule has 34 heavy (non-hydrogen) atoms. The molecule has 174 valence electrons. The fraction of sp³-hybridized carbons (Fsp3) is 0.333. The lowest BCUT2D eigenvalue weighted by molar-refractivity contribution is 0.133. The van der Waals surface area contributed by atoms with Crippen molar-refractivity contribution in [3.63, 3.8) is 0 Å². The minimum Gasteiger partial charge on any atom is -0.497 e. The van der Waals surface area contributed by atoms with Crippen LogP contribution in [0.2, 0.25) is 5.02 Å². The molecule has 0 amide bonds. The third-order valence-electron chi connectivity index (χ3n) is 6.72. The van der Waals surface area contributed by atoms with Gasteiger partial charge in [-0.05, 0) is 49.4 Å². The number of aryl methyl sites for hydroxylation is 1. The molecular formula is C27H27ClN4O2. The maximum atomic E-state index is 6.64. The number of fused-ring (bicyclic) bond motifs is 2. The fourth-order valence-corrected chi connectivity index (χ4v) is 4.95. The van der Waals surface area contributed by atoms with E-state index < -0.39 is 0 Å². The SMILES string of the molecule is COc1ccc(-c2cnn3c(N(Cc4ccc(C)cc4)CC4CC4)c4c(nc23)COC4)c(Cl)c1. The Labute approximate surface area is 204 Å². The number of halogens is 1. The number of ether oxygens (including phenoxy) is 2. The zero-order chi connectivity index (χ0) is 23.2. The third kappa shape index (κ3) is 3.91. The average molecular weight is 475 g/mol. The molecular weight excluding hydrogens is 448 g/mol. The summed E-state index contributed by atoms with van der Waals surface area (Å²) in [5.41, 5.74) is 7.28. The van der Waals surface area contributed by atoms with Crippen LogP contribution in [0.5, 0.6) is 5.75 Å². The molecule has 2 aromatic heterocycles. The molecule has 0 radical (unpaired) electrons. The maximum absolute atomic E-state index is 6.64. The molecule has 3 heterocycles. The summed E-state index contributed by atoms with van der Waals surface area (Å²) in [6, 6.07) is 14.5. The Hall–Kier alpha value is -3.09. The minimum absolute atomic E-state index is 0.515. The second-order valence-corrected chi connectivity index (χ2v) is 9.71. The molecule has 0 N–H and O–H groups in total. The predicted octanol–water partition coefficient (Wildman–Crippen LogP) is 5.81. The Bertz CT molecular complexity index is 1360. The van der Waals surface area contributed by atoms with E-state index in [1.165, 1.54) is 24.0 Å². The number of hydrogen-bond acceptors (Lipinski definition) is 5. The Kier molecular flexibility index (Phi) is 5.42. The van der Waals surface area contributed by atoms with Crippen LogP contribution in [0.3, 0.4) is 0 Å².